The average Bonchev–Trinajstić information content (AvgIpc) is 2.76. The van der Waals surface area contributed by atoms with Gasteiger partial charge in [0.25, 0.3) is 0 Å². The van der Waals surface area contributed by atoms with Crippen molar-refractivity contribution in [2.24, 2.45) is 0 Å². The number of ketones is 2. The van der Waals surface area contributed by atoms with Crippen LogP contribution in [0.4, 0.5) is 0 Å². The number of rotatable bonds is 18. The smallest absolute Gasteiger partial charge is 0.170 e. The van der Waals surface area contributed by atoms with Gasteiger partial charge in [-0.25, -0.2) is 0 Å². The molecule has 32 heavy (non-hydrogen) atoms. The van der Waals surface area contributed by atoms with Gasteiger partial charge in [0.2, 0.25) is 0 Å². The molecular weight excluding hydrogens is 404 g/mol. The summed E-state index contributed by atoms with van der Waals surface area (Å²) in [6.07, 6.45) is 15.2. The number of unbranched alkanes of at least 4 members (excludes halogenated alkanes) is 12. The van der Waals surface area contributed by atoms with Gasteiger partial charge < -0.3 is 15.3 Å². The van der Waals surface area contributed by atoms with Crippen LogP contribution in [-0.4, -0.2) is 26.9 Å². The lowest BCUT2D eigenvalue weighted by Crippen LogP contribution is -2.08. The minimum atomic E-state index is -0.577. The number of benzene rings is 1. The minimum absolute atomic E-state index is 0.0635. The second-order valence-electron chi connectivity index (χ2n) is 9.01. The number of carbonyl (C=O) groups excluding carboxylic acids is 2. The highest BCUT2D eigenvalue weighted by Crippen LogP contribution is 2.43. The fraction of sp³-hybridized carbons (Fsp3) is 0.704. The molecule has 0 heterocycles. The maximum Gasteiger partial charge on any atom is 0.170 e. The fourth-order valence-corrected chi connectivity index (χ4v) is 4.10. The molecular formula is C27H44O5. The zero-order valence-corrected chi connectivity index (χ0v) is 20.5. The van der Waals surface area contributed by atoms with Crippen LogP contribution >= 0.6 is 0 Å². The Morgan fingerprint density at radius 1 is 0.531 bits per heavy atom. The molecule has 182 valence electrons. The van der Waals surface area contributed by atoms with Gasteiger partial charge in [0.15, 0.2) is 11.6 Å². The van der Waals surface area contributed by atoms with Gasteiger partial charge in [0.05, 0.1) is 0 Å². The van der Waals surface area contributed by atoms with Gasteiger partial charge in [-0.05, 0) is 19.8 Å². The fourth-order valence-electron chi connectivity index (χ4n) is 4.10. The molecule has 1 rings (SSSR count). The molecule has 5 heteroatoms. The average molecular weight is 449 g/mol. The number of Topliss-reactive ketones (excluding diaryl/α,β-unsaturated/α-hetero) is 2. The first-order chi connectivity index (χ1) is 15.4. The molecule has 0 aliphatic heterocycles. The lowest BCUT2D eigenvalue weighted by molar-refractivity contribution is 0.0971. The molecule has 0 aliphatic rings. The quantitative estimate of drug-likeness (QED) is 0.157. The summed E-state index contributed by atoms with van der Waals surface area (Å²) in [4.78, 5) is 25.5. The molecule has 0 radical (unpaired) electrons. The second-order valence-corrected chi connectivity index (χ2v) is 9.01. The van der Waals surface area contributed by atoms with Crippen molar-refractivity contribution in [1.82, 2.24) is 0 Å². The lowest BCUT2D eigenvalue weighted by atomic mass is 9.92. The van der Waals surface area contributed by atoms with Gasteiger partial charge in [0.1, 0.15) is 28.4 Å². The molecule has 0 bridgehead atoms. The summed E-state index contributed by atoms with van der Waals surface area (Å²) in [7, 11) is 0. The number of carbonyl (C=O) groups is 2. The van der Waals surface area contributed by atoms with Crippen LogP contribution in [0.3, 0.4) is 0 Å². The summed E-state index contributed by atoms with van der Waals surface area (Å²) in [5.41, 5.74) is -0.392. The standard InChI is InChI=1S/C27H44O5/c1-4-6-8-10-12-14-16-18-21(28)23-25(30)20(3)26(31)24(27(23)32)22(29)19-17-15-13-11-9-7-5-2/h30-32H,4-19H2,1-3H3. The molecule has 0 amide bonds. The lowest BCUT2D eigenvalue weighted by Gasteiger charge is -2.15. The molecule has 5 nitrogen and oxygen atoms in total. The van der Waals surface area contributed by atoms with Crippen LogP contribution in [-0.2, 0) is 0 Å². The highest BCUT2D eigenvalue weighted by molar-refractivity contribution is 6.09. The zero-order chi connectivity index (χ0) is 23.9. The van der Waals surface area contributed by atoms with Crippen LogP contribution in [0.25, 0.3) is 0 Å². The minimum Gasteiger partial charge on any atom is -0.507 e. The van der Waals surface area contributed by atoms with Crippen LogP contribution in [0, 0.1) is 6.92 Å². The highest BCUT2D eigenvalue weighted by atomic mass is 16.3. The van der Waals surface area contributed by atoms with Gasteiger partial charge in [0, 0.05) is 18.4 Å². The summed E-state index contributed by atoms with van der Waals surface area (Å²) >= 11 is 0. The predicted molar refractivity (Wildman–Crippen MR) is 130 cm³/mol. The third kappa shape index (κ3) is 8.84. The summed E-state index contributed by atoms with van der Waals surface area (Å²) < 4.78 is 0. The van der Waals surface area contributed by atoms with E-state index in [1.165, 1.54) is 45.4 Å². The number of hydrogen-bond donors (Lipinski definition) is 3. The first-order valence-electron chi connectivity index (χ1n) is 12.7. The SMILES string of the molecule is CCCCCCCCCC(=O)c1c(O)c(C)c(O)c(C(=O)CCCCCCCCC)c1O. The van der Waals surface area contributed by atoms with E-state index in [0.29, 0.717) is 12.8 Å². The van der Waals surface area contributed by atoms with Crippen LogP contribution in [0.1, 0.15) is 143 Å². The third-order valence-electron chi connectivity index (χ3n) is 6.23. The Balaban J connectivity index is 2.73. The Bertz CT molecular complexity index is 666. The van der Waals surface area contributed by atoms with Crippen LogP contribution in [0.2, 0.25) is 0 Å². The summed E-state index contributed by atoms with van der Waals surface area (Å²) in [6.45, 7) is 5.80. The Morgan fingerprint density at radius 3 is 1.19 bits per heavy atom. The second kappa shape index (κ2) is 15.7. The number of aromatic hydroxyl groups is 3. The van der Waals surface area contributed by atoms with Crippen molar-refractivity contribution in [1.29, 1.82) is 0 Å². The molecule has 0 aliphatic carbocycles. The van der Waals surface area contributed by atoms with Gasteiger partial charge in [-0.1, -0.05) is 90.9 Å². The Hall–Kier alpha value is -2.04. The summed E-state index contributed by atoms with van der Waals surface area (Å²) in [6, 6.07) is 0. The molecule has 0 spiro atoms. The van der Waals surface area contributed by atoms with E-state index in [0.717, 1.165) is 38.5 Å². The molecule has 0 aromatic heterocycles. The Morgan fingerprint density at radius 2 is 0.844 bits per heavy atom. The van der Waals surface area contributed by atoms with E-state index < -0.39 is 17.2 Å². The predicted octanol–water partition coefficient (Wildman–Crippen LogP) is 7.76. The number of phenolic OH excluding ortho intramolecular Hbond substituents is 3. The van der Waals surface area contributed by atoms with E-state index in [9.17, 15) is 24.9 Å². The topological polar surface area (TPSA) is 94.8 Å². The number of phenols is 3. The van der Waals surface area contributed by atoms with Crippen molar-refractivity contribution < 1.29 is 24.9 Å². The van der Waals surface area contributed by atoms with Crippen LogP contribution in [0.15, 0.2) is 0 Å². The van der Waals surface area contributed by atoms with Crippen molar-refractivity contribution in [3.8, 4) is 17.2 Å². The molecule has 1 aromatic rings. The molecule has 0 atom stereocenters. The summed E-state index contributed by atoms with van der Waals surface area (Å²) in [5, 5.41) is 31.5. The maximum absolute atomic E-state index is 12.7. The molecule has 0 fully saturated rings. The van der Waals surface area contributed by atoms with Crippen molar-refractivity contribution in [3.05, 3.63) is 16.7 Å². The van der Waals surface area contributed by atoms with Gasteiger partial charge in [-0.3, -0.25) is 9.59 Å². The van der Waals surface area contributed by atoms with E-state index in [1.807, 2.05) is 0 Å². The van der Waals surface area contributed by atoms with Crippen molar-refractivity contribution in [2.75, 3.05) is 0 Å². The zero-order valence-electron chi connectivity index (χ0n) is 20.5. The van der Waals surface area contributed by atoms with Crippen molar-refractivity contribution >= 4 is 11.6 Å². The van der Waals surface area contributed by atoms with Crippen molar-refractivity contribution in [2.45, 2.75) is 124 Å². The van der Waals surface area contributed by atoms with Crippen LogP contribution in [0.5, 0.6) is 17.2 Å². The molecule has 0 saturated carbocycles. The van der Waals surface area contributed by atoms with E-state index in [-0.39, 0.29) is 41.1 Å². The van der Waals surface area contributed by atoms with Gasteiger partial charge >= 0.3 is 0 Å². The summed E-state index contributed by atoms with van der Waals surface area (Å²) in [5.74, 6) is -2.21. The van der Waals surface area contributed by atoms with E-state index in [4.69, 9.17) is 0 Å². The monoisotopic (exact) mass is 448 g/mol. The highest BCUT2D eigenvalue weighted by Gasteiger charge is 2.28. The maximum atomic E-state index is 12.7. The molecule has 1 aromatic carbocycles. The normalized spacial score (nSPS) is 11.1. The largest absolute Gasteiger partial charge is 0.507 e. The molecule has 3 N–H and O–H groups in total. The Kier molecular flexibility index (Phi) is 13.7. The third-order valence-corrected chi connectivity index (χ3v) is 6.23. The molecule has 0 unspecified atom stereocenters. The first-order valence-corrected chi connectivity index (χ1v) is 12.7. The van der Waals surface area contributed by atoms with Crippen LogP contribution < -0.4 is 0 Å². The molecule has 0 saturated heterocycles. The van der Waals surface area contributed by atoms with Gasteiger partial charge in [-0.15, -0.1) is 0 Å². The first kappa shape index (κ1) is 28.0. The van der Waals surface area contributed by atoms with E-state index in [1.54, 1.807) is 0 Å². The van der Waals surface area contributed by atoms with E-state index in [2.05, 4.69) is 13.8 Å². The van der Waals surface area contributed by atoms with Gasteiger partial charge in [-0.2, -0.15) is 0 Å². The van der Waals surface area contributed by atoms with E-state index >= 15 is 0 Å². The number of hydrogen-bond acceptors (Lipinski definition) is 5. The van der Waals surface area contributed by atoms with Crippen molar-refractivity contribution in [3.63, 3.8) is 0 Å². The Labute approximate surface area is 194 Å².